The van der Waals surface area contributed by atoms with Gasteiger partial charge in [0.25, 0.3) is 0 Å². The number of hydrogen-bond acceptors (Lipinski definition) is 4. The predicted octanol–water partition coefficient (Wildman–Crippen LogP) is 3.95. The average Bonchev–Trinajstić information content (AvgIpc) is 2.90. The van der Waals surface area contributed by atoms with Gasteiger partial charge in [-0.1, -0.05) is 52.4 Å². The highest BCUT2D eigenvalue weighted by molar-refractivity contribution is 9.10. The first-order valence-electron chi connectivity index (χ1n) is 8.35. The van der Waals surface area contributed by atoms with Gasteiger partial charge in [0.1, 0.15) is 5.60 Å². The van der Waals surface area contributed by atoms with Gasteiger partial charge in [-0.25, -0.2) is 4.79 Å². The Morgan fingerprint density at radius 3 is 2.72 bits per heavy atom. The zero-order valence-corrected chi connectivity index (χ0v) is 16.2. The van der Waals surface area contributed by atoms with Gasteiger partial charge in [0.15, 0.2) is 6.10 Å². The van der Waals surface area contributed by atoms with Crippen LogP contribution in [0.3, 0.4) is 0 Å². The van der Waals surface area contributed by atoms with E-state index in [1.54, 1.807) is 0 Å². The average molecular weight is 407 g/mol. The van der Waals surface area contributed by atoms with Crippen LogP contribution < -0.4 is 0 Å². The number of hydrogen-bond donors (Lipinski definition) is 1. The number of benzene rings is 1. The number of fused-ring (bicyclic) bond motifs is 1. The highest BCUT2D eigenvalue weighted by atomic mass is 79.9. The Morgan fingerprint density at radius 2 is 2.12 bits per heavy atom. The molecule has 1 aromatic rings. The van der Waals surface area contributed by atoms with Crippen molar-refractivity contribution in [1.29, 1.82) is 0 Å². The first-order valence-corrected chi connectivity index (χ1v) is 9.14. The van der Waals surface area contributed by atoms with Gasteiger partial charge in [-0.05, 0) is 43.4 Å². The lowest BCUT2D eigenvalue weighted by Gasteiger charge is -2.42. The molecule has 134 valence electrons. The number of carbonyl (C=O) groups is 1. The van der Waals surface area contributed by atoms with Crippen molar-refractivity contribution in [2.75, 3.05) is 7.11 Å². The lowest BCUT2D eigenvalue weighted by Crippen LogP contribution is -2.53. The van der Waals surface area contributed by atoms with Crippen LogP contribution in [-0.2, 0) is 14.3 Å². The summed E-state index contributed by atoms with van der Waals surface area (Å²) in [6, 6.07) is 7.74. The molecule has 2 aliphatic rings. The minimum absolute atomic E-state index is 0.0143. The molecule has 1 aliphatic carbocycles. The number of esters is 1. The van der Waals surface area contributed by atoms with Crippen molar-refractivity contribution in [3.05, 3.63) is 58.1 Å². The fraction of sp³-hybridized carbons (Fsp3) is 0.450. The van der Waals surface area contributed by atoms with Gasteiger partial charge < -0.3 is 14.6 Å². The van der Waals surface area contributed by atoms with Crippen LogP contribution in [0, 0.1) is 11.8 Å². The quantitative estimate of drug-likeness (QED) is 0.609. The van der Waals surface area contributed by atoms with Crippen molar-refractivity contribution < 1.29 is 19.4 Å². The molecule has 5 heteroatoms. The second kappa shape index (κ2) is 6.71. The van der Waals surface area contributed by atoms with Crippen molar-refractivity contribution in [1.82, 2.24) is 0 Å². The molecule has 1 aliphatic heterocycles. The maximum Gasteiger partial charge on any atom is 0.338 e. The van der Waals surface area contributed by atoms with E-state index in [0.717, 1.165) is 27.6 Å². The largest absolute Gasteiger partial charge is 0.467 e. The van der Waals surface area contributed by atoms with Crippen LogP contribution in [0.15, 0.2) is 52.5 Å². The summed E-state index contributed by atoms with van der Waals surface area (Å²) in [5.74, 6) is -0.851. The van der Waals surface area contributed by atoms with E-state index in [-0.39, 0.29) is 11.8 Å². The van der Waals surface area contributed by atoms with E-state index in [9.17, 15) is 9.90 Å². The second-order valence-corrected chi connectivity index (χ2v) is 7.76. The standard InChI is InChI=1S/C20H23BrO4/c1-11(2)13-10-9-12(3)20(23)16(13)17(25-18(20)19(22)24-4)14-7-5-6-8-15(14)21/h5-9,13,16-18,23H,1,10H2,2-4H3/t13-,16+,17+,18-,20-/m1/s1. The van der Waals surface area contributed by atoms with Crippen molar-refractivity contribution in [2.24, 2.45) is 11.8 Å². The zero-order valence-electron chi connectivity index (χ0n) is 14.7. The van der Waals surface area contributed by atoms with E-state index in [4.69, 9.17) is 9.47 Å². The van der Waals surface area contributed by atoms with E-state index >= 15 is 0 Å². The third-order valence-corrected chi connectivity index (χ3v) is 6.24. The summed E-state index contributed by atoms with van der Waals surface area (Å²) >= 11 is 3.57. The van der Waals surface area contributed by atoms with Crippen molar-refractivity contribution >= 4 is 21.9 Å². The van der Waals surface area contributed by atoms with Gasteiger partial charge in [0.05, 0.1) is 13.2 Å². The molecule has 5 atom stereocenters. The molecule has 3 rings (SSSR count). The van der Waals surface area contributed by atoms with Gasteiger partial charge in [-0.3, -0.25) is 0 Å². The first-order chi connectivity index (χ1) is 11.8. The van der Waals surface area contributed by atoms with Crippen molar-refractivity contribution in [2.45, 2.75) is 38.1 Å². The van der Waals surface area contributed by atoms with Gasteiger partial charge in [0.2, 0.25) is 0 Å². The van der Waals surface area contributed by atoms with E-state index in [2.05, 4.69) is 22.5 Å². The lowest BCUT2D eigenvalue weighted by molar-refractivity contribution is -0.161. The van der Waals surface area contributed by atoms with E-state index in [1.165, 1.54) is 7.11 Å². The molecule has 1 N–H and O–H groups in total. The van der Waals surface area contributed by atoms with Crippen molar-refractivity contribution in [3.63, 3.8) is 0 Å². The molecule has 0 radical (unpaired) electrons. The van der Waals surface area contributed by atoms with Crippen LogP contribution in [0.25, 0.3) is 0 Å². The highest BCUT2D eigenvalue weighted by Crippen LogP contribution is 2.57. The molecule has 0 unspecified atom stereocenters. The van der Waals surface area contributed by atoms with Crippen LogP contribution in [0.5, 0.6) is 0 Å². The second-order valence-electron chi connectivity index (χ2n) is 6.91. The summed E-state index contributed by atoms with van der Waals surface area (Å²) in [4.78, 5) is 12.4. The molecule has 4 nitrogen and oxygen atoms in total. The number of carbonyl (C=O) groups excluding carboxylic acids is 1. The maximum absolute atomic E-state index is 12.4. The Bertz CT molecular complexity index is 741. The Kier molecular flexibility index (Phi) is 4.93. The highest BCUT2D eigenvalue weighted by Gasteiger charge is 2.63. The number of halogens is 1. The number of methoxy groups -OCH3 is 1. The topological polar surface area (TPSA) is 55.8 Å². The van der Waals surface area contributed by atoms with E-state index in [1.807, 2.05) is 44.2 Å². The SMILES string of the molecule is C=C(C)[C@H]1CC=C(C)[C@@]2(O)[C@@H]1[C@H](c1ccccc1Br)O[C@@H]2C(=O)OC. The molecule has 1 saturated heterocycles. The summed E-state index contributed by atoms with van der Waals surface area (Å²) in [5.41, 5.74) is 1.23. The summed E-state index contributed by atoms with van der Waals surface area (Å²) < 4.78 is 12.0. The number of allylic oxidation sites excluding steroid dienone is 2. The fourth-order valence-corrected chi connectivity index (χ4v) is 4.67. The normalized spacial score (nSPS) is 34.2. The Balaban J connectivity index is 2.18. The van der Waals surface area contributed by atoms with E-state index in [0.29, 0.717) is 0 Å². The van der Waals surface area contributed by atoms with Gasteiger partial charge in [-0.15, -0.1) is 0 Å². The van der Waals surface area contributed by atoms with Crippen LogP contribution >= 0.6 is 15.9 Å². The predicted molar refractivity (Wildman–Crippen MR) is 98.9 cm³/mol. The fourth-order valence-electron chi connectivity index (χ4n) is 4.16. The molecule has 1 heterocycles. The Hall–Kier alpha value is -1.43. The zero-order chi connectivity index (χ0) is 18.4. The molecule has 25 heavy (non-hydrogen) atoms. The summed E-state index contributed by atoms with van der Waals surface area (Å²) in [6.07, 6.45) is 1.26. The Labute approximate surface area is 156 Å². The van der Waals surface area contributed by atoms with Crippen LogP contribution in [0.4, 0.5) is 0 Å². The van der Waals surface area contributed by atoms with Crippen LogP contribution in [0.2, 0.25) is 0 Å². The molecular weight excluding hydrogens is 384 g/mol. The Morgan fingerprint density at radius 1 is 1.44 bits per heavy atom. The third-order valence-electron chi connectivity index (χ3n) is 5.52. The molecule has 1 fully saturated rings. The number of ether oxygens (including phenoxy) is 2. The van der Waals surface area contributed by atoms with Gasteiger partial charge in [-0.2, -0.15) is 0 Å². The first kappa shape index (κ1) is 18.4. The smallest absolute Gasteiger partial charge is 0.338 e. The summed E-state index contributed by atoms with van der Waals surface area (Å²) in [7, 11) is 1.31. The molecule has 0 spiro atoms. The molecule has 0 aromatic heterocycles. The van der Waals surface area contributed by atoms with Gasteiger partial charge >= 0.3 is 5.97 Å². The molecule has 1 aromatic carbocycles. The molecule has 0 amide bonds. The van der Waals surface area contributed by atoms with Crippen molar-refractivity contribution in [3.8, 4) is 0 Å². The van der Waals surface area contributed by atoms with E-state index < -0.39 is 23.8 Å². The lowest BCUT2D eigenvalue weighted by atomic mass is 9.64. The number of rotatable bonds is 3. The molecular formula is C20H23BrO4. The number of aliphatic hydroxyl groups is 1. The minimum atomic E-state index is -1.41. The molecule has 0 saturated carbocycles. The molecule has 0 bridgehead atoms. The van der Waals surface area contributed by atoms with Gasteiger partial charge in [0, 0.05) is 10.4 Å². The third kappa shape index (κ3) is 2.78. The minimum Gasteiger partial charge on any atom is -0.467 e. The summed E-state index contributed by atoms with van der Waals surface area (Å²) in [6.45, 7) is 7.92. The summed E-state index contributed by atoms with van der Waals surface area (Å²) in [5, 5.41) is 11.6. The van der Waals surface area contributed by atoms with Crippen LogP contribution in [0.1, 0.15) is 31.9 Å². The monoisotopic (exact) mass is 406 g/mol. The van der Waals surface area contributed by atoms with Crippen LogP contribution in [-0.4, -0.2) is 29.9 Å². The maximum atomic E-state index is 12.4.